The van der Waals surface area contributed by atoms with Gasteiger partial charge in [-0.2, -0.15) is 0 Å². The molecule has 0 aliphatic heterocycles. The highest BCUT2D eigenvalue weighted by Crippen LogP contribution is 2.28. The van der Waals surface area contributed by atoms with Gasteiger partial charge in [-0.1, -0.05) is 12.8 Å². The topological polar surface area (TPSA) is 55.1 Å². The Hall–Kier alpha value is -0.390. The van der Waals surface area contributed by atoms with Gasteiger partial charge < -0.3 is 11.1 Å². The van der Waals surface area contributed by atoms with Gasteiger partial charge >= 0.3 is 0 Å². The van der Waals surface area contributed by atoms with Gasteiger partial charge in [0.05, 0.1) is 8.66 Å². The van der Waals surface area contributed by atoms with Crippen molar-refractivity contribution in [3.8, 4) is 0 Å². The van der Waals surface area contributed by atoms with Crippen LogP contribution in [0.5, 0.6) is 0 Å². The van der Waals surface area contributed by atoms with Crippen molar-refractivity contribution in [2.24, 2.45) is 11.7 Å². The molecule has 1 aromatic heterocycles. The van der Waals surface area contributed by atoms with E-state index in [1.807, 2.05) is 13.0 Å². The van der Waals surface area contributed by atoms with E-state index in [0.717, 1.165) is 27.1 Å². The third kappa shape index (κ3) is 3.13. The van der Waals surface area contributed by atoms with Gasteiger partial charge in [-0.15, -0.1) is 11.3 Å². The summed E-state index contributed by atoms with van der Waals surface area (Å²) in [6, 6.07) is 2.18. The third-order valence-electron chi connectivity index (χ3n) is 3.61. The molecule has 2 unspecified atom stereocenters. The van der Waals surface area contributed by atoms with Gasteiger partial charge in [0.2, 0.25) is 0 Å². The van der Waals surface area contributed by atoms with E-state index in [2.05, 4.69) is 21.2 Å². The van der Waals surface area contributed by atoms with E-state index in [4.69, 9.17) is 5.73 Å². The van der Waals surface area contributed by atoms with E-state index in [1.54, 1.807) is 0 Å². The van der Waals surface area contributed by atoms with Crippen LogP contribution in [0.15, 0.2) is 9.85 Å². The summed E-state index contributed by atoms with van der Waals surface area (Å²) in [6.45, 7) is 2.67. The van der Waals surface area contributed by atoms with E-state index < -0.39 is 0 Å². The Kier molecular flexibility index (Phi) is 4.81. The SMILES string of the molecule is Cc1cc(C(=O)NC2CCCCC2CN)sc1Br. The molecule has 1 aromatic rings. The molecule has 1 saturated carbocycles. The van der Waals surface area contributed by atoms with Crippen LogP contribution in [-0.2, 0) is 0 Å². The van der Waals surface area contributed by atoms with E-state index in [9.17, 15) is 4.79 Å². The average molecular weight is 331 g/mol. The second kappa shape index (κ2) is 6.17. The summed E-state index contributed by atoms with van der Waals surface area (Å²) in [4.78, 5) is 13.0. The first-order valence-electron chi connectivity index (χ1n) is 6.38. The predicted octanol–water partition coefficient (Wildman–Crippen LogP) is 3.07. The molecule has 1 aliphatic carbocycles. The molecule has 2 rings (SSSR count). The molecule has 2 atom stereocenters. The van der Waals surface area contributed by atoms with E-state index >= 15 is 0 Å². The molecular weight excluding hydrogens is 312 g/mol. The zero-order valence-corrected chi connectivity index (χ0v) is 12.9. The van der Waals surface area contributed by atoms with Gasteiger partial charge in [-0.05, 0) is 59.8 Å². The number of hydrogen-bond acceptors (Lipinski definition) is 3. The number of carbonyl (C=O) groups excluding carboxylic acids is 1. The standard InChI is InChI=1S/C13H19BrN2OS/c1-8-6-11(18-12(8)14)13(17)16-10-5-3-2-4-9(10)7-15/h6,9-10H,2-5,7,15H2,1H3,(H,16,17). The molecule has 1 aliphatic rings. The summed E-state index contributed by atoms with van der Waals surface area (Å²) in [6.07, 6.45) is 4.61. The first kappa shape index (κ1) is 14.0. The minimum atomic E-state index is 0.0409. The number of rotatable bonds is 3. The minimum absolute atomic E-state index is 0.0409. The first-order valence-corrected chi connectivity index (χ1v) is 7.99. The number of nitrogens with one attached hydrogen (secondary N) is 1. The monoisotopic (exact) mass is 330 g/mol. The van der Waals surface area contributed by atoms with Crippen LogP contribution in [0.3, 0.4) is 0 Å². The Morgan fingerprint density at radius 2 is 2.28 bits per heavy atom. The fourth-order valence-corrected chi connectivity index (χ4v) is 3.93. The van der Waals surface area contributed by atoms with Crippen LogP contribution in [0, 0.1) is 12.8 Å². The lowest BCUT2D eigenvalue weighted by atomic mass is 9.84. The van der Waals surface area contributed by atoms with Gasteiger partial charge in [-0.3, -0.25) is 4.79 Å². The number of thiophene rings is 1. The molecule has 0 aromatic carbocycles. The number of hydrogen-bond donors (Lipinski definition) is 2. The van der Waals surface area contributed by atoms with Crippen LogP contribution >= 0.6 is 27.3 Å². The fraction of sp³-hybridized carbons (Fsp3) is 0.615. The van der Waals surface area contributed by atoms with Crippen LogP contribution in [0.2, 0.25) is 0 Å². The molecule has 5 heteroatoms. The zero-order valence-electron chi connectivity index (χ0n) is 10.5. The lowest BCUT2D eigenvalue weighted by Crippen LogP contribution is -2.44. The molecule has 18 heavy (non-hydrogen) atoms. The lowest BCUT2D eigenvalue weighted by molar-refractivity contribution is 0.0912. The van der Waals surface area contributed by atoms with Gasteiger partial charge in [0.1, 0.15) is 0 Å². The summed E-state index contributed by atoms with van der Waals surface area (Å²) < 4.78 is 1.03. The van der Waals surface area contributed by atoms with Gasteiger partial charge in [0, 0.05) is 6.04 Å². The molecule has 1 fully saturated rings. The molecule has 0 saturated heterocycles. The van der Waals surface area contributed by atoms with Gasteiger partial charge in [-0.25, -0.2) is 0 Å². The summed E-state index contributed by atoms with van der Waals surface area (Å²) in [5.74, 6) is 0.478. The lowest BCUT2D eigenvalue weighted by Gasteiger charge is -2.31. The number of aryl methyl sites for hydroxylation is 1. The second-order valence-electron chi connectivity index (χ2n) is 4.93. The maximum atomic E-state index is 12.2. The normalized spacial score (nSPS) is 23.9. The largest absolute Gasteiger partial charge is 0.348 e. The third-order valence-corrected chi connectivity index (χ3v) is 5.74. The number of halogens is 1. The van der Waals surface area contributed by atoms with Crippen LogP contribution < -0.4 is 11.1 Å². The maximum absolute atomic E-state index is 12.2. The van der Waals surface area contributed by atoms with Crippen molar-refractivity contribution in [3.63, 3.8) is 0 Å². The summed E-state index contributed by atoms with van der Waals surface area (Å²) in [5.41, 5.74) is 6.90. The molecule has 0 bridgehead atoms. The Morgan fingerprint density at radius 1 is 1.56 bits per heavy atom. The molecule has 1 amide bonds. The van der Waals surface area contributed by atoms with E-state index in [0.29, 0.717) is 12.5 Å². The van der Waals surface area contributed by atoms with Crippen molar-refractivity contribution < 1.29 is 4.79 Å². The van der Waals surface area contributed by atoms with Gasteiger partial charge in [0.15, 0.2) is 0 Å². The summed E-state index contributed by atoms with van der Waals surface area (Å²) in [7, 11) is 0. The minimum Gasteiger partial charge on any atom is -0.348 e. The van der Waals surface area contributed by atoms with Crippen LogP contribution in [0.25, 0.3) is 0 Å². The number of carbonyl (C=O) groups is 1. The highest BCUT2D eigenvalue weighted by Gasteiger charge is 2.26. The van der Waals surface area contributed by atoms with Crippen LogP contribution in [0.1, 0.15) is 40.9 Å². The first-order chi connectivity index (χ1) is 8.61. The van der Waals surface area contributed by atoms with Crippen molar-refractivity contribution in [1.82, 2.24) is 5.32 Å². The predicted molar refractivity (Wildman–Crippen MR) is 79.0 cm³/mol. The smallest absolute Gasteiger partial charge is 0.261 e. The molecule has 3 N–H and O–H groups in total. The number of nitrogens with two attached hydrogens (primary N) is 1. The molecule has 1 heterocycles. The zero-order chi connectivity index (χ0) is 13.1. The van der Waals surface area contributed by atoms with Crippen LogP contribution in [0.4, 0.5) is 0 Å². The second-order valence-corrected chi connectivity index (χ2v) is 7.30. The maximum Gasteiger partial charge on any atom is 0.261 e. The Labute approximate surface area is 120 Å². The fourth-order valence-electron chi connectivity index (χ4n) is 2.49. The average Bonchev–Trinajstić information content (AvgIpc) is 2.70. The van der Waals surface area contributed by atoms with E-state index in [1.165, 1.54) is 24.2 Å². The van der Waals surface area contributed by atoms with Crippen molar-refractivity contribution in [2.45, 2.75) is 38.6 Å². The molecule has 3 nitrogen and oxygen atoms in total. The van der Waals surface area contributed by atoms with Crippen LogP contribution in [-0.4, -0.2) is 18.5 Å². The molecule has 100 valence electrons. The highest BCUT2D eigenvalue weighted by molar-refractivity contribution is 9.11. The molecule has 0 radical (unpaired) electrons. The van der Waals surface area contributed by atoms with E-state index in [-0.39, 0.29) is 11.9 Å². The number of amides is 1. The van der Waals surface area contributed by atoms with Crippen molar-refractivity contribution >= 4 is 33.2 Å². The Morgan fingerprint density at radius 3 is 2.89 bits per heavy atom. The van der Waals surface area contributed by atoms with Crippen molar-refractivity contribution in [3.05, 3.63) is 20.3 Å². The quantitative estimate of drug-likeness (QED) is 0.894. The van der Waals surface area contributed by atoms with Crippen molar-refractivity contribution in [2.75, 3.05) is 6.54 Å². The summed E-state index contributed by atoms with van der Waals surface area (Å²) in [5, 5.41) is 3.15. The molecular formula is C13H19BrN2OS. The highest BCUT2D eigenvalue weighted by atomic mass is 79.9. The van der Waals surface area contributed by atoms with Crippen molar-refractivity contribution in [1.29, 1.82) is 0 Å². The van der Waals surface area contributed by atoms with Gasteiger partial charge in [0.25, 0.3) is 5.91 Å². The summed E-state index contributed by atoms with van der Waals surface area (Å²) >= 11 is 4.95. The Bertz CT molecular complexity index is 413. The molecule has 0 spiro atoms. The Balaban J connectivity index is 2.01.